The summed E-state index contributed by atoms with van der Waals surface area (Å²) in [5.41, 5.74) is 0. The molecular weight excluding hydrogens is 172 g/mol. The van der Waals surface area contributed by atoms with Gasteiger partial charge in [0.1, 0.15) is 0 Å². The number of rotatable bonds is 1. The average molecular weight is 192 g/mol. The third-order valence-electron chi connectivity index (χ3n) is 2.05. The zero-order valence-electron chi connectivity index (χ0n) is 8.35. The molecule has 0 radical (unpaired) electrons. The van der Waals surface area contributed by atoms with Crippen LogP contribution < -0.4 is 0 Å². The van der Waals surface area contributed by atoms with Crippen LogP contribution in [0.1, 0.15) is 6.42 Å². The summed E-state index contributed by atoms with van der Waals surface area (Å²) >= 11 is 0. The number of hydrogen-bond donors (Lipinski definition) is 0. The van der Waals surface area contributed by atoms with Gasteiger partial charge < -0.3 is 0 Å². The van der Waals surface area contributed by atoms with Gasteiger partial charge in [0.25, 0.3) is 0 Å². The molecule has 1 aliphatic carbocycles. The van der Waals surface area contributed by atoms with E-state index in [4.69, 9.17) is 0 Å². The molecule has 11 heavy (non-hydrogen) atoms. The topological polar surface area (TPSA) is 0 Å². The van der Waals surface area contributed by atoms with E-state index in [1.54, 1.807) is 4.44 Å². The Morgan fingerprint density at radius 1 is 1.09 bits per heavy atom. The van der Waals surface area contributed by atoms with Crippen LogP contribution in [-0.2, 0) is 10.9 Å². The molecule has 0 N–H and O–H groups in total. The van der Waals surface area contributed by atoms with E-state index in [0.29, 0.717) is 0 Å². The van der Waals surface area contributed by atoms with Gasteiger partial charge >= 0.3 is 68.9 Å². The molecule has 0 unspecified atom stereocenters. The van der Waals surface area contributed by atoms with Crippen LogP contribution >= 0.6 is 0 Å². The molecule has 0 aliphatic heterocycles. The van der Waals surface area contributed by atoms with Crippen LogP contribution in [0.5, 0.6) is 0 Å². The Morgan fingerprint density at radius 2 is 1.64 bits per heavy atom. The fraction of sp³-hybridized carbons (Fsp3) is 0.600. The first-order chi connectivity index (χ1) is 4.59. The molecule has 0 spiro atoms. The fourth-order valence-electron chi connectivity index (χ4n) is 1.18. The van der Waals surface area contributed by atoms with E-state index in [-0.39, 0.29) is 0 Å². The number of allylic oxidation sites excluding steroid dienone is 4. The monoisotopic (exact) mass is 192 g/mol. The van der Waals surface area contributed by atoms with Crippen LogP contribution in [0.15, 0.2) is 22.7 Å². The Morgan fingerprint density at radius 3 is 1.82 bits per heavy atom. The van der Waals surface area contributed by atoms with Crippen LogP contribution in [0, 0.1) is 0 Å². The van der Waals surface area contributed by atoms with Gasteiger partial charge in [0.2, 0.25) is 0 Å². The summed E-state index contributed by atoms with van der Waals surface area (Å²) in [5.74, 6) is 12.3. The molecule has 0 nitrogen and oxygen atoms in total. The maximum absolute atomic E-state index is 2.46. The number of hydrogen-bond acceptors (Lipinski definition) is 0. The molecule has 0 fully saturated rings. The van der Waals surface area contributed by atoms with Crippen molar-refractivity contribution in [3.8, 4) is 0 Å². The summed E-state index contributed by atoms with van der Waals surface area (Å²) < 4.78 is 1.68. The van der Waals surface area contributed by atoms with Gasteiger partial charge in [-0.1, -0.05) is 0 Å². The van der Waals surface area contributed by atoms with Gasteiger partial charge in [0.15, 0.2) is 0 Å². The van der Waals surface area contributed by atoms with E-state index in [0.717, 1.165) is 0 Å². The molecule has 0 aromatic carbocycles. The van der Waals surface area contributed by atoms with E-state index in [1.807, 2.05) is 0 Å². The normalized spacial score (nSPS) is 24.3. The van der Waals surface area contributed by atoms with Gasteiger partial charge in [-0.15, -0.1) is 0 Å². The second-order valence-corrected chi connectivity index (χ2v) is 23.1. The minimum atomic E-state index is -2.37. The first-order valence-electron chi connectivity index (χ1n) is 3.96. The van der Waals surface area contributed by atoms with Crippen molar-refractivity contribution in [3.63, 3.8) is 0 Å². The Bertz CT molecular complexity index is 232. The average Bonchev–Trinajstić information content (AvgIpc) is 2.01. The van der Waals surface area contributed by atoms with Crippen LogP contribution in [0.3, 0.4) is 0 Å². The van der Waals surface area contributed by atoms with Gasteiger partial charge in [-0.05, 0) is 0 Å². The molecule has 0 amide bonds. The van der Waals surface area contributed by atoms with Crippen molar-refractivity contribution in [3.05, 3.63) is 22.7 Å². The van der Waals surface area contributed by atoms with Crippen molar-refractivity contribution in [1.29, 1.82) is 0 Å². The van der Waals surface area contributed by atoms with E-state index in [1.165, 1.54) is 6.42 Å². The van der Waals surface area contributed by atoms with Crippen molar-refractivity contribution in [2.24, 2.45) is 0 Å². The molecule has 0 atom stereocenters. The van der Waals surface area contributed by atoms with E-state index < -0.39 is 10.9 Å². The Labute approximate surface area is 69.3 Å². The molecule has 0 aromatic heterocycles. The summed E-state index contributed by atoms with van der Waals surface area (Å²) in [4.78, 5) is 0. The van der Waals surface area contributed by atoms with Gasteiger partial charge in [-0.25, -0.2) is 0 Å². The standard InChI is InChI=1S/C5H5.5CH3.Cr/c1-2-4-5-3-1;;;;;;/h1-3H,4H2;5*1H3;. The first kappa shape index (κ1) is 9.10. The van der Waals surface area contributed by atoms with E-state index >= 15 is 0 Å². The Kier molecular flexibility index (Phi) is 1.39. The van der Waals surface area contributed by atoms with Crippen molar-refractivity contribution in [2.45, 2.75) is 35.3 Å². The quantitative estimate of drug-likeness (QED) is 0.581. The van der Waals surface area contributed by atoms with E-state index in [9.17, 15) is 0 Å². The van der Waals surface area contributed by atoms with Crippen molar-refractivity contribution >= 4 is 0 Å². The third kappa shape index (κ3) is 2.22. The SMILES string of the molecule is [CH3][Cr]([CH3])([CH3])([CH3])([CH3])[C]1=CC=CC1. The van der Waals surface area contributed by atoms with Gasteiger partial charge in [0.05, 0.1) is 0 Å². The van der Waals surface area contributed by atoms with E-state index in [2.05, 4.69) is 47.2 Å². The fourth-order valence-corrected chi connectivity index (χ4v) is 3.82. The molecule has 0 heterocycles. The molecule has 1 heteroatoms. The summed E-state index contributed by atoms with van der Waals surface area (Å²) in [6.45, 7) is 0. The summed E-state index contributed by atoms with van der Waals surface area (Å²) in [5, 5.41) is 0. The predicted molar refractivity (Wildman–Crippen MR) is 51.2 cm³/mol. The Balaban J connectivity index is 3.11. The molecule has 0 aromatic rings. The molecular formula is C10H20Cr. The van der Waals surface area contributed by atoms with Crippen molar-refractivity contribution < 1.29 is 10.9 Å². The second kappa shape index (κ2) is 1.68. The molecule has 0 bridgehead atoms. The van der Waals surface area contributed by atoms with Crippen molar-refractivity contribution in [2.75, 3.05) is 0 Å². The zero-order chi connectivity index (χ0) is 8.81. The molecule has 66 valence electrons. The second-order valence-electron chi connectivity index (χ2n) is 6.37. The van der Waals surface area contributed by atoms with Crippen LogP contribution in [0.25, 0.3) is 0 Å². The summed E-state index contributed by atoms with van der Waals surface area (Å²) in [7, 11) is -2.37. The minimum absolute atomic E-state index is 1.19. The van der Waals surface area contributed by atoms with Crippen molar-refractivity contribution in [1.82, 2.24) is 0 Å². The zero-order valence-corrected chi connectivity index (χ0v) is 9.62. The van der Waals surface area contributed by atoms with Gasteiger partial charge in [-0.2, -0.15) is 0 Å². The third-order valence-corrected chi connectivity index (χ3v) is 6.62. The predicted octanol–water partition coefficient (Wildman–Crippen LogP) is 4.30. The first-order valence-corrected chi connectivity index (χ1v) is 11.0. The molecule has 1 rings (SSSR count). The molecule has 1 aliphatic rings. The Hall–Kier alpha value is 0.0125. The maximum atomic E-state index is 2.46. The summed E-state index contributed by atoms with van der Waals surface area (Å²) in [6, 6.07) is 0. The van der Waals surface area contributed by atoms with Gasteiger partial charge in [-0.3, -0.25) is 0 Å². The van der Waals surface area contributed by atoms with Crippen LogP contribution in [-0.4, -0.2) is 0 Å². The van der Waals surface area contributed by atoms with Crippen LogP contribution in [0.4, 0.5) is 0 Å². The molecule has 0 saturated carbocycles. The van der Waals surface area contributed by atoms with Crippen LogP contribution in [0.2, 0.25) is 28.9 Å². The summed E-state index contributed by atoms with van der Waals surface area (Å²) in [6.07, 6.45) is 7.95. The van der Waals surface area contributed by atoms with Gasteiger partial charge in [0, 0.05) is 0 Å². The molecule has 0 saturated heterocycles.